The number of nitrogens with one attached hydrogen (secondary N) is 1. The van der Waals surface area contributed by atoms with Crippen molar-refractivity contribution in [1.29, 1.82) is 0 Å². The van der Waals surface area contributed by atoms with E-state index in [-0.39, 0.29) is 5.96 Å². The van der Waals surface area contributed by atoms with E-state index in [9.17, 15) is 0 Å². The van der Waals surface area contributed by atoms with Gasteiger partial charge in [-0.3, -0.25) is 0 Å². The minimum absolute atomic E-state index is 0.102. The van der Waals surface area contributed by atoms with Gasteiger partial charge in [0.05, 0.1) is 12.8 Å². The predicted molar refractivity (Wildman–Crippen MR) is 80.1 cm³/mol. The fraction of sp³-hybridized carbons (Fsp3) is 0.286. The van der Waals surface area contributed by atoms with Gasteiger partial charge in [0.1, 0.15) is 5.75 Å². The summed E-state index contributed by atoms with van der Waals surface area (Å²) in [5, 5.41) is 4.53. The summed E-state index contributed by atoms with van der Waals surface area (Å²) < 4.78 is 5.30. The Bertz CT molecular complexity index is 714. The summed E-state index contributed by atoms with van der Waals surface area (Å²) >= 11 is 0. The van der Waals surface area contributed by atoms with Crippen molar-refractivity contribution in [1.82, 2.24) is 4.98 Å². The first-order valence-electron chi connectivity index (χ1n) is 6.53. The molecule has 3 rings (SSSR count). The molecular weight excluding hydrogens is 254 g/mol. The SMILES string of the molecule is COc1ccc2[nH]c3c(c2c1)/C(=N/C(N)=N/N)CCC3. The van der Waals surface area contributed by atoms with Crippen LogP contribution in [0.5, 0.6) is 5.75 Å². The first-order valence-corrected chi connectivity index (χ1v) is 6.53. The molecule has 0 amide bonds. The van der Waals surface area contributed by atoms with Gasteiger partial charge in [0.25, 0.3) is 0 Å². The van der Waals surface area contributed by atoms with Crippen molar-refractivity contribution in [3.63, 3.8) is 0 Å². The quantitative estimate of drug-likeness (QED) is 0.317. The zero-order valence-corrected chi connectivity index (χ0v) is 11.3. The minimum Gasteiger partial charge on any atom is -0.497 e. The molecule has 20 heavy (non-hydrogen) atoms. The van der Waals surface area contributed by atoms with Gasteiger partial charge >= 0.3 is 0 Å². The normalized spacial score (nSPS) is 17.4. The van der Waals surface area contributed by atoms with Gasteiger partial charge in [-0.25, -0.2) is 4.99 Å². The molecule has 2 aromatic rings. The highest BCUT2D eigenvalue weighted by atomic mass is 16.5. The topological polar surface area (TPSA) is 102 Å². The fourth-order valence-corrected chi connectivity index (χ4v) is 2.71. The monoisotopic (exact) mass is 271 g/mol. The number of aliphatic imine (C=N–C) groups is 1. The average Bonchev–Trinajstić information content (AvgIpc) is 2.85. The zero-order chi connectivity index (χ0) is 14.1. The lowest BCUT2D eigenvalue weighted by atomic mass is 9.93. The summed E-state index contributed by atoms with van der Waals surface area (Å²) in [7, 11) is 1.66. The molecule has 0 aliphatic heterocycles. The molecule has 0 saturated carbocycles. The molecule has 0 radical (unpaired) electrons. The number of benzene rings is 1. The number of aromatic nitrogens is 1. The van der Waals surface area contributed by atoms with E-state index in [1.54, 1.807) is 7.11 Å². The number of aryl methyl sites for hydroxylation is 1. The summed E-state index contributed by atoms with van der Waals surface area (Å²) in [6.07, 6.45) is 2.91. The highest BCUT2D eigenvalue weighted by Gasteiger charge is 2.21. The molecule has 1 aliphatic carbocycles. The molecule has 6 heteroatoms. The van der Waals surface area contributed by atoms with Crippen LogP contribution in [0.3, 0.4) is 0 Å². The molecule has 0 fully saturated rings. The van der Waals surface area contributed by atoms with E-state index in [1.165, 1.54) is 5.69 Å². The summed E-state index contributed by atoms with van der Waals surface area (Å²) in [5.41, 5.74) is 9.93. The van der Waals surface area contributed by atoms with E-state index in [1.807, 2.05) is 18.2 Å². The molecule has 0 bridgehead atoms. The van der Waals surface area contributed by atoms with Crippen molar-refractivity contribution in [2.75, 3.05) is 7.11 Å². The molecule has 104 valence electrons. The van der Waals surface area contributed by atoms with Gasteiger partial charge < -0.3 is 21.3 Å². The lowest BCUT2D eigenvalue weighted by molar-refractivity contribution is 0.415. The zero-order valence-electron chi connectivity index (χ0n) is 11.3. The maximum absolute atomic E-state index is 5.63. The van der Waals surface area contributed by atoms with Crippen LogP contribution in [-0.2, 0) is 6.42 Å². The Balaban J connectivity index is 2.22. The van der Waals surface area contributed by atoms with Crippen LogP contribution >= 0.6 is 0 Å². The third-order valence-corrected chi connectivity index (χ3v) is 3.59. The van der Waals surface area contributed by atoms with Crippen LogP contribution in [0.4, 0.5) is 0 Å². The molecular formula is C14H17N5O. The van der Waals surface area contributed by atoms with Gasteiger partial charge in [0, 0.05) is 22.2 Å². The van der Waals surface area contributed by atoms with Crippen LogP contribution < -0.4 is 16.3 Å². The number of hydrogen-bond acceptors (Lipinski definition) is 3. The second-order valence-electron chi connectivity index (χ2n) is 4.79. The molecule has 1 aliphatic rings. The van der Waals surface area contributed by atoms with Crippen molar-refractivity contribution in [2.24, 2.45) is 21.7 Å². The summed E-state index contributed by atoms with van der Waals surface area (Å²) in [6.45, 7) is 0. The number of methoxy groups -OCH3 is 1. The highest BCUT2D eigenvalue weighted by molar-refractivity contribution is 6.16. The van der Waals surface area contributed by atoms with Gasteiger partial charge in [0.15, 0.2) is 0 Å². The number of H-pyrrole nitrogens is 1. The summed E-state index contributed by atoms with van der Waals surface area (Å²) in [5.74, 6) is 6.10. The Morgan fingerprint density at radius 3 is 2.95 bits per heavy atom. The minimum atomic E-state index is 0.102. The first-order chi connectivity index (χ1) is 9.72. The maximum Gasteiger partial charge on any atom is 0.237 e. The Kier molecular flexibility index (Phi) is 3.06. The number of fused-ring (bicyclic) bond motifs is 3. The largest absolute Gasteiger partial charge is 0.497 e. The Labute approximate surface area is 116 Å². The smallest absolute Gasteiger partial charge is 0.237 e. The molecule has 0 saturated heterocycles. The molecule has 0 atom stereocenters. The van der Waals surface area contributed by atoms with Crippen LogP contribution in [0.15, 0.2) is 28.3 Å². The fourth-order valence-electron chi connectivity index (χ4n) is 2.71. The summed E-state index contributed by atoms with van der Waals surface area (Å²) in [6, 6.07) is 5.97. The molecule has 6 nitrogen and oxygen atoms in total. The number of nitrogens with two attached hydrogens (primary N) is 2. The number of hydrogen-bond donors (Lipinski definition) is 3. The van der Waals surface area contributed by atoms with Gasteiger partial charge in [-0.15, -0.1) is 5.10 Å². The number of guanidine groups is 1. The van der Waals surface area contributed by atoms with Gasteiger partial charge in [-0.1, -0.05) is 0 Å². The van der Waals surface area contributed by atoms with Crippen molar-refractivity contribution in [3.8, 4) is 5.75 Å². The Morgan fingerprint density at radius 2 is 2.20 bits per heavy atom. The Hall–Kier alpha value is -2.50. The van der Waals surface area contributed by atoms with E-state index in [0.29, 0.717) is 0 Å². The lowest BCUT2D eigenvalue weighted by Gasteiger charge is -2.14. The van der Waals surface area contributed by atoms with Gasteiger partial charge in [-0.05, 0) is 37.5 Å². The molecule has 1 heterocycles. The van der Waals surface area contributed by atoms with E-state index < -0.39 is 0 Å². The first kappa shape index (κ1) is 12.5. The molecule has 1 aromatic carbocycles. The predicted octanol–water partition coefficient (Wildman–Crippen LogP) is 1.49. The maximum atomic E-state index is 5.63. The molecule has 5 N–H and O–H groups in total. The van der Waals surface area contributed by atoms with Crippen molar-refractivity contribution >= 4 is 22.6 Å². The number of nitrogens with zero attached hydrogens (tertiary/aromatic N) is 2. The highest BCUT2D eigenvalue weighted by Crippen LogP contribution is 2.31. The van der Waals surface area contributed by atoms with Gasteiger partial charge in [-0.2, -0.15) is 0 Å². The van der Waals surface area contributed by atoms with Crippen LogP contribution in [0.2, 0.25) is 0 Å². The van der Waals surface area contributed by atoms with Crippen LogP contribution in [0, 0.1) is 0 Å². The van der Waals surface area contributed by atoms with Crippen LogP contribution in [-0.4, -0.2) is 23.8 Å². The van der Waals surface area contributed by atoms with E-state index in [2.05, 4.69) is 15.1 Å². The molecule has 0 unspecified atom stereocenters. The lowest BCUT2D eigenvalue weighted by Crippen LogP contribution is -2.18. The standard InChI is InChI=1S/C14H17N5O/c1-20-8-5-6-10-9(7-8)13-11(17-10)3-2-4-12(13)18-14(15)19-16/h5-7,17H,2-4,16H2,1H3,(H2,15,19)/b18-12+. The van der Waals surface area contributed by atoms with E-state index >= 15 is 0 Å². The third-order valence-electron chi connectivity index (χ3n) is 3.59. The van der Waals surface area contributed by atoms with E-state index in [4.69, 9.17) is 16.3 Å². The Morgan fingerprint density at radius 1 is 1.35 bits per heavy atom. The molecule has 0 spiro atoms. The van der Waals surface area contributed by atoms with Crippen LogP contribution in [0.25, 0.3) is 10.9 Å². The second-order valence-corrected chi connectivity index (χ2v) is 4.79. The average molecular weight is 271 g/mol. The van der Waals surface area contributed by atoms with Gasteiger partial charge in [0.2, 0.25) is 5.96 Å². The van der Waals surface area contributed by atoms with E-state index in [0.717, 1.165) is 47.2 Å². The van der Waals surface area contributed by atoms with Crippen molar-refractivity contribution < 1.29 is 4.74 Å². The number of ether oxygens (including phenoxy) is 1. The second kappa shape index (κ2) is 4.88. The molecule has 1 aromatic heterocycles. The number of hydrazone groups is 1. The summed E-state index contributed by atoms with van der Waals surface area (Å²) in [4.78, 5) is 7.77. The van der Waals surface area contributed by atoms with Crippen LogP contribution in [0.1, 0.15) is 24.1 Å². The van der Waals surface area contributed by atoms with Crippen molar-refractivity contribution in [2.45, 2.75) is 19.3 Å². The van der Waals surface area contributed by atoms with Crippen molar-refractivity contribution in [3.05, 3.63) is 29.5 Å². The number of rotatable bonds is 1. The number of aromatic amines is 1. The third kappa shape index (κ3) is 1.99.